The summed E-state index contributed by atoms with van der Waals surface area (Å²) in [5.74, 6) is 1.79. The van der Waals surface area contributed by atoms with Gasteiger partial charge >= 0.3 is 0 Å². The number of rotatable bonds is 4. The quantitative estimate of drug-likeness (QED) is 0.731. The fraction of sp³-hybridized carbons (Fsp3) is 0.278. The van der Waals surface area contributed by atoms with Crippen molar-refractivity contribution in [1.29, 1.82) is 0 Å². The lowest BCUT2D eigenvalue weighted by Crippen LogP contribution is -2.12. The average Bonchev–Trinajstić information content (AvgIpc) is 3.23. The molecule has 112 valence electrons. The number of aromatic nitrogens is 2. The molecule has 22 heavy (non-hydrogen) atoms. The van der Waals surface area contributed by atoms with Gasteiger partial charge in [-0.05, 0) is 24.3 Å². The van der Waals surface area contributed by atoms with Crippen LogP contribution in [0.2, 0.25) is 0 Å². The SMILES string of the molecule is c1ccc2c(OCc3nccn3C3CCCO3)cccc2c1. The van der Waals surface area contributed by atoms with Crippen LogP contribution in [0.4, 0.5) is 0 Å². The van der Waals surface area contributed by atoms with Crippen molar-refractivity contribution in [2.75, 3.05) is 6.61 Å². The van der Waals surface area contributed by atoms with Crippen LogP contribution in [0, 0.1) is 0 Å². The molecule has 0 bridgehead atoms. The maximum atomic E-state index is 6.03. The smallest absolute Gasteiger partial charge is 0.148 e. The summed E-state index contributed by atoms with van der Waals surface area (Å²) in [5.41, 5.74) is 0. The van der Waals surface area contributed by atoms with Gasteiger partial charge in [-0.2, -0.15) is 0 Å². The summed E-state index contributed by atoms with van der Waals surface area (Å²) < 4.78 is 13.8. The molecule has 0 amide bonds. The highest BCUT2D eigenvalue weighted by molar-refractivity contribution is 5.88. The number of imidazole rings is 1. The number of benzene rings is 2. The normalized spacial score (nSPS) is 17.9. The minimum absolute atomic E-state index is 0.105. The van der Waals surface area contributed by atoms with Crippen molar-refractivity contribution in [3.05, 3.63) is 60.7 Å². The van der Waals surface area contributed by atoms with E-state index in [9.17, 15) is 0 Å². The van der Waals surface area contributed by atoms with Crippen LogP contribution in [-0.4, -0.2) is 16.2 Å². The van der Waals surface area contributed by atoms with Crippen LogP contribution in [0.1, 0.15) is 24.9 Å². The maximum Gasteiger partial charge on any atom is 0.148 e. The van der Waals surface area contributed by atoms with Gasteiger partial charge in [0.15, 0.2) is 0 Å². The topological polar surface area (TPSA) is 36.3 Å². The molecule has 0 N–H and O–H groups in total. The molecule has 1 aliphatic rings. The molecule has 1 saturated heterocycles. The standard InChI is InChI=1S/C18H18N2O2/c1-2-7-15-14(5-1)6-3-8-16(15)22-13-17-19-10-11-20(17)18-9-4-12-21-18/h1-3,5-8,10-11,18H,4,9,12-13H2. The lowest BCUT2D eigenvalue weighted by Gasteiger charge is -2.15. The molecular weight excluding hydrogens is 276 g/mol. The Bertz CT molecular complexity index is 770. The minimum atomic E-state index is 0.105. The third-order valence-electron chi connectivity index (χ3n) is 4.07. The Morgan fingerprint density at radius 2 is 2.09 bits per heavy atom. The van der Waals surface area contributed by atoms with Gasteiger partial charge in [-0.3, -0.25) is 0 Å². The van der Waals surface area contributed by atoms with Gasteiger partial charge in [0.2, 0.25) is 0 Å². The first kappa shape index (κ1) is 13.3. The number of fused-ring (bicyclic) bond motifs is 1. The zero-order valence-corrected chi connectivity index (χ0v) is 12.3. The Kier molecular flexibility index (Phi) is 3.52. The third-order valence-corrected chi connectivity index (χ3v) is 4.07. The predicted octanol–water partition coefficient (Wildman–Crippen LogP) is 3.92. The Morgan fingerprint density at radius 3 is 3.00 bits per heavy atom. The van der Waals surface area contributed by atoms with Crippen molar-refractivity contribution in [3.63, 3.8) is 0 Å². The lowest BCUT2D eigenvalue weighted by molar-refractivity contribution is 0.0518. The van der Waals surface area contributed by atoms with Gasteiger partial charge in [-0.15, -0.1) is 0 Å². The monoisotopic (exact) mass is 294 g/mol. The molecule has 1 atom stereocenters. The fourth-order valence-corrected chi connectivity index (χ4v) is 2.96. The number of hydrogen-bond acceptors (Lipinski definition) is 3. The van der Waals surface area contributed by atoms with Crippen molar-refractivity contribution in [3.8, 4) is 5.75 Å². The Labute approximate surface area is 129 Å². The summed E-state index contributed by atoms with van der Waals surface area (Å²) in [5, 5.41) is 2.31. The lowest BCUT2D eigenvalue weighted by atomic mass is 10.1. The predicted molar refractivity (Wildman–Crippen MR) is 84.7 cm³/mol. The second kappa shape index (κ2) is 5.81. The van der Waals surface area contributed by atoms with Crippen molar-refractivity contribution < 1.29 is 9.47 Å². The Balaban J connectivity index is 1.56. The summed E-state index contributed by atoms with van der Waals surface area (Å²) >= 11 is 0. The highest BCUT2D eigenvalue weighted by Gasteiger charge is 2.20. The molecular formula is C18H18N2O2. The van der Waals surface area contributed by atoms with Crippen LogP contribution in [-0.2, 0) is 11.3 Å². The summed E-state index contributed by atoms with van der Waals surface area (Å²) in [6.45, 7) is 1.27. The first-order valence-corrected chi connectivity index (χ1v) is 7.66. The zero-order chi connectivity index (χ0) is 14.8. The van der Waals surface area contributed by atoms with Crippen molar-refractivity contribution >= 4 is 10.8 Å². The molecule has 0 aliphatic carbocycles. The van der Waals surface area contributed by atoms with Gasteiger partial charge in [0.05, 0.1) is 0 Å². The van der Waals surface area contributed by atoms with E-state index in [0.29, 0.717) is 6.61 Å². The number of ether oxygens (including phenoxy) is 2. The van der Waals surface area contributed by atoms with Gasteiger partial charge in [0.25, 0.3) is 0 Å². The van der Waals surface area contributed by atoms with E-state index in [2.05, 4.69) is 27.8 Å². The van der Waals surface area contributed by atoms with E-state index in [1.807, 2.05) is 36.7 Å². The van der Waals surface area contributed by atoms with Crippen molar-refractivity contribution in [2.45, 2.75) is 25.7 Å². The van der Waals surface area contributed by atoms with Gasteiger partial charge in [0.1, 0.15) is 24.4 Å². The molecule has 1 aromatic heterocycles. The Hall–Kier alpha value is -2.33. The largest absolute Gasteiger partial charge is 0.485 e. The van der Waals surface area contributed by atoms with Crippen LogP contribution < -0.4 is 4.74 Å². The van der Waals surface area contributed by atoms with Crippen LogP contribution >= 0.6 is 0 Å². The zero-order valence-electron chi connectivity index (χ0n) is 12.3. The summed E-state index contributed by atoms with van der Waals surface area (Å²) in [6.07, 6.45) is 6.03. The van der Waals surface area contributed by atoms with Gasteiger partial charge in [0, 0.05) is 24.4 Å². The minimum Gasteiger partial charge on any atom is -0.485 e. The molecule has 0 spiro atoms. The van der Waals surface area contributed by atoms with E-state index in [0.717, 1.165) is 36.4 Å². The van der Waals surface area contributed by atoms with Gasteiger partial charge in [-0.1, -0.05) is 36.4 Å². The van der Waals surface area contributed by atoms with E-state index in [1.165, 1.54) is 5.39 Å². The van der Waals surface area contributed by atoms with Crippen LogP contribution in [0.25, 0.3) is 10.8 Å². The van der Waals surface area contributed by atoms with Crippen LogP contribution in [0.5, 0.6) is 5.75 Å². The summed E-state index contributed by atoms with van der Waals surface area (Å²) in [7, 11) is 0. The molecule has 0 saturated carbocycles. The molecule has 4 heteroatoms. The van der Waals surface area contributed by atoms with Crippen molar-refractivity contribution in [1.82, 2.24) is 9.55 Å². The highest BCUT2D eigenvalue weighted by atomic mass is 16.5. The van der Waals surface area contributed by atoms with E-state index in [4.69, 9.17) is 9.47 Å². The van der Waals surface area contributed by atoms with E-state index in [-0.39, 0.29) is 6.23 Å². The molecule has 1 fully saturated rings. The molecule has 2 heterocycles. The molecule has 2 aromatic carbocycles. The van der Waals surface area contributed by atoms with Gasteiger partial charge in [-0.25, -0.2) is 4.98 Å². The van der Waals surface area contributed by atoms with Crippen LogP contribution in [0.15, 0.2) is 54.9 Å². The second-order valence-electron chi connectivity index (χ2n) is 5.48. The molecule has 0 radical (unpaired) electrons. The van der Waals surface area contributed by atoms with Gasteiger partial charge < -0.3 is 14.0 Å². The first-order chi connectivity index (χ1) is 10.9. The van der Waals surface area contributed by atoms with E-state index < -0.39 is 0 Å². The highest BCUT2D eigenvalue weighted by Crippen LogP contribution is 2.27. The fourth-order valence-electron chi connectivity index (χ4n) is 2.96. The molecule has 1 unspecified atom stereocenters. The number of nitrogens with zero attached hydrogens (tertiary/aromatic N) is 2. The third kappa shape index (κ3) is 2.46. The second-order valence-corrected chi connectivity index (χ2v) is 5.48. The number of hydrogen-bond donors (Lipinski definition) is 0. The molecule has 1 aliphatic heterocycles. The molecule has 3 aromatic rings. The summed E-state index contributed by atoms with van der Waals surface area (Å²) in [6, 6.07) is 14.4. The average molecular weight is 294 g/mol. The maximum absolute atomic E-state index is 6.03. The van der Waals surface area contributed by atoms with Crippen LogP contribution in [0.3, 0.4) is 0 Å². The van der Waals surface area contributed by atoms with E-state index in [1.54, 1.807) is 0 Å². The van der Waals surface area contributed by atoms with Crippen molar-refractivity contribution in [2.24, 2.45) is 0 Å². The summed E-state index contributed by atoms with van der Waals surface area (Å²) in [4.78, 5) is 4.41. The first-order valence-electron chi connectivity index (χ1n) is 7.66. The Morgan fingerprint density at radius 1 is 1.18 bits per heavy atom. The molecule has 4 rings (SSSR count). The molecule has 4 nitrogen and oxygen atoms in total. The van der Waals surface area contributed by atoms with E-state index >= 15 is 0 Å².